The molecular weight excluding hydrogens is 260 g/mol. The standard InChI is InChI=1S/C10H13BrN2O2/c11-9-2-1-3-10(12-9)13-4-5-15-8(6-13)7-14/h1-3,8,14H,4-7H2. The Morgan fingerprint density at radius 1 is 1.60 bits per heavy atom. The number of aromatic nitrogens is 1. The third-order valence-corrected chi connectivity index (χ3v) is 2.81. The summed E-state index contributed by atoms with van der Waals surface area (Å²) in [5.74, 6) is 0.922. The fourth-order valence-corrected chi connectivity index (χ4v) is 1.95. The van der Waals surface area contributed by atoms with E-state index < -0.39 is 0 Å². The number of nitrogens with zero attached hydrogens (tertiary/aromatic N) is 2. The molecule has 1 unspecified atom stereocenters. The average molecular weight is 273 g/mol. The average Bonchev–Trinajstić information content (AvgIpc) is 2.29. The van der Waals surface area contributed by atoms with E-state index in [-0.39, 0.29) is 12.7 Å². The Balaban J connectivity index is 2.09. The summed E-state index contributed by atoms with van der Waals surface area (Å²) in [7, 11) is 0. The van der Waals surface area contributed by atoms with Gasteiger partial charge in [0.25, 0.3) is 0 Å². The minimum atomic E-state index is -0.0977. The summed E-state index contributed by atoms with van der Waals surface area (Å²) < 4.78 is 6.20. The van der Waals surface area contributed by atoms with E-state index in [4.69, 9.17) is 9.84 Å². The van der Waals surface area contributed by atoms with Gasteiger partial charge in [-0.2, -0.15) is 0 Å². The van der Waals surface area contributed by atoms with Crippen LogP contribution in [0.1, 0.15) is 0 Å². The molecule has 0 spiro atoms. The van der Waals surface area contributed by atoms with Crippen molar-refractivity contribution in [3.05, 3.63) is 22.8 Å². The summed E-state index contributed by atoms with van der Waals surface area (Å²) in [6.07, 6.45) is -0.0977. The van der Waals surface area contributed by atoms with Crippen molar-refractivity contribution in [1.82, 2.24) is 4.98 Å². The largest absolute Gasteiger partial charge is 0.394 e. The zero-order chi connectivity index (χ0) is 10.7. The highest BCUT2D eigenvalue weighted by molar-refractivity contribution is 9.10. The predicted molar refractivity (Wildman–Crippen MR) is 61.0 cm³/mol. The molecule has 1 aliphatic heterocycles. The number of pyridine rings is 1. The number of halogens is 1. The summed E-state index contributed by atoms with van der Waals surface area (Å²) in [5, 5.41) is 9.03. The smallest absolute Gasteiger partial charge is 0.130 e. The number of rotatable bonds is 2. The molecule has 4 nitrogen and oxygen atoms in total. The van der Waals surface area contributed by atoms with E-state index in [2.05, 4.69) is 25.8 Å². The molecule has 0 aliphatic carbocycles. The predicted octanol–water partition coefficient (Wildman–Crippen LogP) is 1.04. The minimum absolute atomic E-state index is 0.0600. The molecule has 1 saturated heterocycles. The van der Waals surface area contributed by atoms with Crippen LogP contribution in [0.15, 0.2) is 22.8 Å². The van der Waals surface area contributed by atoms with Crippen LogP contribution >= 0.6 is 15.9 Å². The molecule has 1 aliphatic rings. The molecule has 1 aromatic heterocycles. The summed E-state index contributed by atoms with van der Waals surface area (Å²) in [4.78, 5) is 6.49. The van der Waals surface area contributed by atoms with Crippen molar-refractivity contribution >= 4 is 21.7 Å². The number of aliphatic hydroxyl groups is 1. The lowest BCUT2D eigenvalue weighted by atomic mass is 10.3. The first-order valence-electron chi connectivity index (χ1n) is 4.89. The second kappa shape index (κ2) is 4.92. The van der Waals surface area contributed by atoms with E-state index in [0.717, 1.165) is 17.0 Å². The van der Waals surface area contributed by atoms with Crippen LogP contribution in [0.3, 0.4) is 0 Å². The third kappa shape index (κ3) is 2.68. The van der Waals surface area contributed by atoms with Crippen LogP contribution in [0.5, 0.6) is 0 Å². The van der Waals surface area contributed by atoms with Gasteiger partial charge < -0.3 is 14.7 Å². The molecule has 0 amide bonds. The van der Waals surface area contributed by atoms with Crippen molar-refractivity contribution in [3.63, 3.8) is 0 Å². The molecule has 0 bridgehead atoms. The topological polar surface area (TPSA) is 45.6 Å². The number of ether oxygens (including phenoxy) is 1. The van der Waals surface area contributed by atoms with Gasteiger partial charge in [0.1, 0.15) is 10.4 Å². The van der Waals surface area contributed by atoms with Gasteiger partial charge in [0.15, 0.2) is 0 Å². The first-order chi connectivity index (χ1) is 7.29. The van der Waals surface area contributed by atoms with Gasteiger partial charge >= 0.3 is 0 Å². The lowest BCUT2D eigenvalue weighted by molar-refractivity contribution is 0.00335. The van der Waals surface area contributed by atoms with Crippen LogP contribution in [0, 0.1) is 0 Å². The fourth-order valence-electron chi connectivity index (χ4n) is 1.61. The molecule has 0 radical (unpaired) electrons. The van der Waals surface area contributed by atoms with Crippen LogP contribution in [-0.2, 0) is 4.74 Å². The SMILES string of the molecule is OCC1CN(c2cccc(Br)n2)CCO1. The van der Waals surface area contributed by atoms with E-state index in [1.807, 2.05) is 18.2 Å². The maximum atomic E-state index is 9.03. The quantitative estimate of drug-likeness (QED) is 0.818. The molecule has 15 heavy (non-hydrogen) atoms. The molecule has 2 heterocycles. The zero-order valence-electron chi connectivity index (χ0n) is 8.27. The van der Waals surface area contributed by atoms with Crippen molar-refractivity contribution < 1.29 is 9.84 Å². The summed E-state index contributed by atoms with van der Waals surface area (Å²) in [6, 6.07) is 5.81. The van der Waals surface area contributed by atoms with E-state index in [0.29, 0.717) is 13.2 Å². The highest BCUT2D eigenvalue weighted by atomic mass is 79.9. The summed E-state index contributed by atoms with van der Waals surface area (Å²) in [6.45, 7) is 2.21. The van der Waals surface area contributed by atoms with Crippen molar-refractivity contribution in [2.45, 2.75) is 6.10 Å². The van der Waals surface area contributed by atoms with Crippen molar-refractivity contribution in [3.8, 4) is 0 Å². The highest BCUT2D eigenvalue weighted by Crippen LogP contribution is 2.17. The van der Waals surface area contributed by atoms with Gasteiger partial charge in [-0.15, -0.1) is 0 Å². The van der Waals surface area contributed by atoms with E-state index >= 15 is 0 Å². The molecule has 5 heteroatoms. The molecule has 82 valence electrons. The molecule has 1 aromatic rings. The van der Waals surface area contributed by atoms with E-state index in [1.54, 1.807) is 0 Å². The summed E-state index contributed by atoms with van der Waals surface area (Å²) in [5.41, 5.74) is 0. The highest BCUT2D eigenvalue weighted by Gasteiger charge is 2.20. The Morgan fingerprint density at radius 2 is 2.47 bits per heavy atom. The molecular formula is C10H13BrN2O2. The first-order valence-corrected chi connectivity index (χ1v) is 5.69. The Hall–Kier alpha value is -0.650. The third-order valence-electron chi connectivity index (χ3n) is 2.37. The second-order valence-corrected chi connectivity index (χ2v) is 4.25. The minimum Gasteiger partial charge on any atom is -0.394 e. The van der Waals surface area contributed by atoms with Crippen molar-refractivity contribution in [2.75, 3.05) is 31.2 Å². The van der Waals surface area contributed by atoms with Crippen LogP contribution in [0.4, 0.5) is 5.82 Å². The maximum absolute atomic E-state index is 9.03. The van der Waals surface area contributed by atoms with Crippen LogP contribution in [-0.4, -0.2) is 42.5 Å². The first kappa shape index (κ1) is 10.9. The van der Waals surface area contributed by atoms with E-state index in [9.17, 15) is 0 Å². The summed E-state index contributed by atoms with van der Waals surface area (Å²) >= 11 is 3.34. The van der Waals surface area contributed by atoms with Gasteiger partial charge in [-0.25, -0.2) is 4.98 Å². The zero-order valence-corrected chi connectivity index (χ0v) is 9.85. The van der Waals surface area contributed by atoms with Crippen molar-refractivity contribution in [1.29, 1.82) is 0 Å². The van der Waals surface area contributed by atoms with Gasteiger partial charge in [-0.1, -0.05) is 6.07 Å². The number of hydrogen-bond donors (Lipinski definition) is 1. The Morgan fingerprint density at radius 3 is 3.20 bits per heavy atom. The number of hydrogen-bond acceptors (Lipinski definition) is 4. The lowest BCUT2D eigenvalue weighted by Crippen LogP contribution is -2.44. The lowest BCUT2D eigenvalue weighted by Gasteiger charge is -2.32. The van der Waals surface area contributed by atoms with Crippen LogP contribution < -0.4 is 4.90 Å². The fraction of sp³-hybridized carbons (Fsp3) is 0.500. The number of anilines is 1. The van der Waals surface area contributed by atoms with E-state index in [1.165, 1.54) is 0 Å². The molecule has 1 N–H and O–H groups in total. The van der Waals surface area contributed by atoms with Gasteiger partial charge in [-0.05, 0) is 28.1 Å². The van der Waals surface area contributed by atoms with Gasteiger partial charge in [-0.3, -0.25) is 0 Å². The Kier molecular flexibility index (Phi) is 3.56. The van der Waals surface area contributed by atoms with Gasteiger partial charge in [0.05, 0.1) is 19.3 Å². The molecule has 0 aromatic carbocycles. The molecule has 1 atom stereocenters. The van der Waals surface area contributed by atoms with Crippen LogP contribution in [0.25, 0.3) is 0 Å². The Labute approximate surface area is 97.0 Å². The normalized spacial score (nSPS) is 21.7. The maximum Gasteiger partial charge on any atom is 0.130 e. The van der Waals surface area contributed by atoms with Gasteiger partial charge in [0, 0.05) is 13.1 Å². The molecule has 1 fully saturated rings. The second-order valence-electron chi connectivity index (χ2n) is 3.44. The van der Waals surface area contributed by atoms with Crippen LogP contribution in [0.2, 0.25) is 0 Å². The Bertz CT molecular complexity index is 335. The molecule has 2 rings (SSSR count). The van der Waals surface area contributed by atoms with Gasteiger partial charge in [0.2, 0.25) is 0 Å². The molecule has 0 saturated carbocycles. The number of aliphatic hydroxyl groups excluding tert-OH is 1. The van der Waals surface area contributed by atoms with Crippen molar-refractivity contribution in [2.24, 2.45) is 0 Å². The number of morpholine rings is 1. The monoisotopic (exact) mass is 272 g/mol.